The number of hydrogen-bond acceptors (Lipinski definition) is 4. The molecule has 1 aromatic carbocycles. The molecule has 0 bridgehead atoms. The molecule has 2 N–H and O–H groups in total. The van der Waals surface area contributed by atoms with Crippen LogP contribution in [0.3, 0.4) is 0 Å². The van der Waals surface area contributed by atoms with Crippen molar-refractivity contribution in [3.8, 4) is 0 Å². The van der Waals surface area contributed by atoms with Crippen LogP contribution in [-0.2, 0) is 17.8 Å². The fourth-order valence-corrected chi connectivity index (χ4v) is 3.30. The minimum Gasteiger partial charge on any atom is -0.450 e. The zero-order valence-electron chi connectivity index (χ0n) is 18.1. The Bertz CT molecular complexity index is 646. The van der Waals surface area contributed by atoms with Gasteiger partial charge in [0.15, 0.2) is 5.96 Å². The van der Waals surface area contributed by atoms with Gasteiger partial charge in [-0.3, -0.25) is 0 Å². The molecule has 1 aromatic rings. The van der Waals surface area contributed by atoms with Crippen molar-refractivity contribution in [3.63, 3.8) is 0 Å². The van der Waals surface area contributed by atoms with E-state index in [0.29, 0.717) is 32.3 Å². The van der Waals surface area contributed by atoms with Crippen LogP contribution in [0.4, 0.5) is 4.79 Å². The SMILES string of the molecule is CCNC(=NCc1cccc(CN(C)C)c1)NC1CCN(C(=O)OCC)CC1.I. The molecule has 29 heavy (non-hydrogen) atoms. The number of piperidine rings is 1. The highest BCUT2D eigenvalue weighted by atomic mass is 127. The van der Waals surface area contributed by atoms with E-state index < -0.39 is 0 Å². The van der Waals surface area contributed by atoms with Crippen molar-refractivity contribution in [2.75, 3.05) is 40.3 Å². The standard InChI is InChI=1S/C21H35N5O2.HI/c1-5-22-20(23-15-17-8-7-9-18(14-17)16-25(3)4)24-19-10-12-26(13-11-19)21(27)28-6-2;/h7-9,14,19H,5-6,10-13,15-16H2,1-4H3,(H2,22,23,24);1H. The third-order valence-electron chi connectivity index (χ3n) is 4.62. The predicted molar refractivity (Wildman–Crippen MR) is 129 cm³/mol. The molecule has 0 aromatic heterocycles. The lowest BCUT2D eigenvalue weighted by atomic mass is 10.1. The Morgan fingerprint density at radius 1 is 1.24 bits per heavy atom. The smallest absolute Gasteiger partial charge is 0.409 e. The van der Waals surface area contributed by atoms with Crippen LogP contribution in [0.15, 0.2) is 29.3 Å². The van der Waals surface area contributed by atoms with Crippen molar-refractivity contribution in [2.45, 2.75) is 45.8 Å². The van der Waals surface area contributed by atoms with Crippen molar-refractivity contribution in [1.29, 1.82) is 0 Å². The Morgan fingerprint density at radius 2 is 1.93 bits per heavy atom. The zero-order chi connectivity index (χ0) is 20.4. The number of amides is 1. The number of guanidine groups is 1. The normalized spacial score (nSPS) is 15.1. The molecule has 0 aliphatic carbocycles. The van der Waals surface area contributed by atoms with Gasteiger partial charge in [0.2, 0.25) is 0 Å². The lowest BCUT2D eigenvalue weighted by molar-refractivity contribution is 0.0963. The summed E-state index contributed by atoms with van der Waals surface area (Å²) in [5, 5.41) is 6.84. The molecule has 0 radical (unpaired) electrons. The van der Waals surface area contributed by atoms with Gasteiger partial charge in [-0.05, 0) is 51.9 Å². The van der Waals surface area contributed by atoms with Gasteiger partial charge in [-0.25, -0.2) is 9.79 Å². The predicted octanol–water partition coefficient (Wildman–Crippen LogP) is 3.04. The van der Waals surface area contributed by atoms with Gasteiger partial charge in [-0.2, -0.15) is 0 Å². The molecule has 1 saturated heterocycles. The molecule has 0 spiro atoms. The summed E-state index contributed by atoms with van der Waals surface area (Å²) in [5.41, 5.74) is 2.50. The molecule has 0 unspecified atom stereocenters. The van der Waals surface area contributed by atoms with E-state index in [0.717, 1.165) is 31.9 Å². The third-order valence-corrected chi connectivity index (χ3v) is 4.62. The molecule has 7 nitrogen and oxygen atoms in total. The Kier molecular flexibility index (Phi) is 12.0. The summed E-state index contributed by atoms with van der Waals surface area (Å²) in [7, 11) is 4.15. The minimum atomic E-state index is -0.209. The first-order chi connectivity index (χ1) is 13.5. The molecule has 164 valence electrons. The Morgan fingerprint density at radius 3 is 2.55 bits per heavy atom. The maximum atomic E-state index is 11.8. The van der Waals surface area contributed by atoms with E-state index in [4.69, 9.17) is 9.73 Å². The molecule has 1 amide bonds. The molecule has 2 rings (SSSR count). The Labute approximate surface area is 192 Å². The number of nitrogens with zero attached hydrogens (tertiary/aromatic N) is 3. The largest absolute Gasteiger partial charge is 0.450 e. The lowest BCUT2D eigenvalue weighted by Gasteiger charge is -2.32. The molecule has 8 heteroatoms. The number of hydrogen-bond donors (Lipinski definition) is 2. The summed E-state index contributed by atoms with van der Waals surface area (Å²) in [4.78, 5) is 20.5. The van der Waals surface area contributed by atoms with Gasteiger partial charge in [0, 0.05) is 32.2 Å². The summed E-state index contributed by atoms with van der Waals surface area (Å²) in [6, 6.07) is 8.88. The molecule has 1 fully saturated rings. The average molecular weight is 517 g/mol. The van der Waals surface area contributed by atoms with Crippen LogP contribution in [0.5, 0.6) is 0 Å². The number of rotatable bonds is 7. The van der Waals surface area contributed by atoms with Crippen LogP contribution in [0, 0.1) is 0 Å². The van der Waals surface area contributed by atoms with E-state index in [9.17, 15) is 4.79 Å². The summed E-state index contributed by atoms with van der Waals surface area (Å²) in [5.74, 6) is 0.829. The maximum absolute atomic E-state index is 11.8. The van der Waals surface area contributed by atoms with Crippen LogP contribution in [0.2, 0.25) is 0 Å². The van der Waals surface area contributed by atoms with Crippen LogP contribution in [-0.4, -0.2) is 68.2 Å². The molecule has 0 saturated carbocycles. The van der Waals surface area contributed by atoms with Crippen LogP contribution in [0.1, 0.15) is 37.8 Å². The van der Waals surface area contributed by atoms with E-state index >= 15 is 0 Å². The van der Waals surface area contributed by atoms with Crippen molar-refractivity contribution in [3.05, 3.63) is 35.4 Å². The average Bonchev–Trinajstić information content (AvgIpc) is 2.67. The number of carbonyl (C=O) groups is 1. The number of likely N-dealkylation sites (tertiary alicyclic amines) is 1. The van der Waals surface area contributed by atoms with Crippen LogP contribution >= 0.6 is 24.0 Å². The number of ether oxygens (including phenoxy) is 1. The quantitative estimate of drug-likeness (QED) is 0.331. The topological polar surface area (TPSA) is 69.2 Å². The molecule has 1 aliphatic rings. The maximum Gasteiger partial charge on any atom is 0.409 e. The van der Waals surface area contributed by atoms with Gasteiger partial charge in [-0.1, -0.05) is 24.3 Å². The fourth-order valence-electron chi connectivity index (χ4n) is 3.30. The van der Waals surface area contributed by atoms with Crippen molar-refractivity contribution in [1.82, 2.24) is 20.4 Å². The first kappa shape index (κ1) is 25.5. The van der Waals surface area contributed by atoms with E-state index in [1.54, 1.807) is 4.90 Å². The lowest BCUT2D eigenvalue weighted by Crippen LogP contribution is -2.49. The summed E-state index contributed by atoms with van der Waals surface area (Å²) in [6.07, 6.45) is 1.57. The Hall–Kier alpha value is -1.55. The van der Waals surface area contributed by atoms with Gasteiger partial charge in [-0.15, -0.1) is 24.0 Å². The van der Waals surface area contributed by atoms with Gasteiger partial charge < -0.3 is 25.2 Å². The highest BCUT2D eigenvalue weighted by molar-refractivity contribution is 14.0. The molecule has 1 aliphatic heterocycles. The van der Waals surface area contributed by atoms with Gasteiger partial charge in [0.25, 0.3) is 0 Å². The molecule has 0 atom stereocenters. The summed E-state index contributed by atoms with van der Waals surface area (Å²) < 4.78 is 5.08. The number of benzene rings is 1. The second-order valence-electron chi connectivity index (χ2n) is 7.36. The molecular formula is C21H36IN5O2. The monoisotopic (exact) mass is 517 g/mol. The van der Waals surface area contributed by atoms with Gasteiger partial charge in [0.05, 0.1) is 13.2 Å². The molecule has 1 heterocycles. The highest BCUT2D eigenvalue weighted by Gasteiger charge is 2.24. The van der Waals surface area contributed by atoms with Crippen LogP contribution in [0.25, 0.3) is 0 Å². The zero-order valence-corrected chi connectivity index (χ0v) is 20.4. The number of aliphatic imine (C=N–C) groups is 1. The highest BCUT2D eigenvalue weighted by Crippen LogP contribution is 2.12. The second kappa shape index (κ2) is 13.6. The van der Waals surface area contributed by atoms with Crippen molar-refractivity contribution < 1.29 is 9.53 Å². The van der Waals surface area contributed by atoms with Crippen molar-refractivity contribution >= 4 is 36.0 Å². The number of nitrogens with one attached hydrogen (secondary N) is 2. The van der Waals surface area contributed by atoms with Crippen molar-refractivity contribution in [2.24, 2.45) is 4.99 Å². The fraction of sp³-hybridized carbons (Fsp3) is 0.619. The summed E-state index contributed by atoms with van der Waals surface area (Å²) >= 11 is 0. The molecular weight excluding hydrogens is 481 g/mol. The summed E-state index contributed by atoms with van der Waals surface area (Å²) in [6.45, 7) is 8.12. The van der Waals surface area contributed by atoms with E-state index in [1.165, 1.54) is 11.1 Å². The first-order valence-corrected chi connectivity index (χ1v) is 10.2. The minimum absolute atomic E-state index is 0. The third kappa shape index (κ3) is 9.20. The number of carbonyl (C=O) groups excluding carboxylic acids is 1. The Balaban J connectivity index is 0.00000420. The van der Waals surface area contributed by atoms with E-state index in [2.05, 4.69) is 60.8 Å². The second-order valence-corrected chi connectivity index (χ2v) is 7.36. The first-order valence-electron chi connectivity index (χ1n) is 10.2. The van der Waals surface area contributed by atoms with Gasteiger partial charge >= 0.3 is 6.09 Å². The van der Waals surface area contributed by atoms with E-state index in [-0.39, 0.29) is 30.1 Å². The number of halogens is 1. The van der Waals surface area contributed by atoms with E-state index in [1.807, 2.05) is 6.92 Å². The van der Waals surface area contributed by atoms with Gasteiger partial charge in [0.1, 0.15) is 0 Å². The van der Waals surface area contributed by atoms with Crippen LogP contribution < -0.4 is 10.6 Å².